The van der Waals surface area contributed by atoms with Gasteiger partial charge in [0.2, 0.25) is 0 Å². The minimum absolute atomic E-state index is 0.0546. The fourth-order valence-electron chi connectivity index (χ4n) is 5.00. The maximum atomic E-state index is 12.7. The summed E-state index contributed by atoms with van der Waals surface area (Å²) < 4.78 is 5.43. The highest BCUT2D eigenvalue weighted by Crippen LogP contribution is 2.35. The molecule has 6 nitrogen and oxygen atoms in total. The molecule has 0 spiro atoms. The summed E-state index contributed by atoms with van der Waals surface area (Å²) in [6, 6.07) is 18.3. The maximum Gasteiger partial charge on any atom is 0.259 e. The van der Waals surface area contributed by atoms with Gasteiger partial charge in [0.25, 0.3) is 5.56 Å². The number of methoxy groups -OCH3 is 1. The summed E-state index contributed by atoms with van der Waals surface area (Å²) >= 11 is 1.58. The number of rotatable bonds is 5. The molecule has 3 aromatic heterocycles. The molecule has 4 heterocycles. The topological polar surface area (TPSA) is 74.0 Å². The Kier molecular flexibility index (Phi) is 5.43. The molecular formula is C27H26N4O2S. The Bertz CT molecular complexity index is 1510. The number of ether oxygens (including phenoxy) is 1. The highest BCUT2D eigenvalue weighted by atomic mass is 32.1. The van der Waals surface area contributed by atoms with Crippen LogP contribution in [0.3, 0.4) is 0 Å². The van der Waals surface area contributed by atoms with E-state index in [2.05, 4.69) is 45.3 Å². The molecule has 7 heteroatoms. The predicted molar refractivity (Wildman–Crippen MR) is 138 cm³/mol. The molecule has 2 N–H and O–H groups in total. The summed E-state index contributed by atoms with van der Waals surface area (Å²) in [5.74, 6) is 2.15. The van der Waals surface area contributed by atoms with Crippen LogP contribution < -0.4 is 10.3 Å². The van der Waals surface area contributed by atoms with Crippen molar-refractivity contribution in [3.8, 4) is 16.2 Å². The van der Waals surface area contributed by atoms with Crippen LogP contribution in [0.15, 0.2) is 65.6 Å². The quantitative estimate of drug-likeness (QED) is 0.355. The van der Waals surface area contributed by atoms with E-state index in [1.807, 2.05) is 30.3 Å². The van der Waals surface area contributed by atoms with Gasteiger partial charge in [0, 0.05) is 22.0 Å². The molecule has 0 saturated carbocycles. The Hall–Kier alpha value is -3.42. The van der Waals surface area contributed by atoms with Crippen LogP contribution in [0.25, 0.3) is 31.6 Å². The van der Waals surface area contributed by atoms with Crippen LogP contribution >= 0.6 is 11.3 Å². The van der Waals surface area contributed by atoms with Crippen LogP contribution in [0, 0.1) is 0 Å². The van der Waals surface area contributed by atoms with E-state index in [0.717, 1.165) is 58.3 Å². The number of nitrogens with one attached hydrogen (secondary N) is 2. The average molecular weight is 471 g/mol. The Morgan fingerprint density at radius 3 is 2.71 bits per heavy atom. The molecule has 0 unspecified atom stereocenters. The van der Waals surface area contributed by atoms with Crippen molar-refractivity contribution in [3.63, 3.8) is 0 Å². The molecule has 0 amide bonds. The number of piperidine rings is 1. The fraction of sp³-hybridized carbons (Fsp3) is 0.259. The van der Waals surface area contributed by atoms with Crippen molar-refractivity contribution in [1.82, 2.24) is 19.9 Å². The van der Waals surface area contributed by atoms with Gasteiger partial charge in [-0.05, 0) is 67.2 Å². The molecule has 0 radical (unpaired) electrons. The highest BCUT2D eigenvalue weighted by molar-refractivity contribution is 7.21. The van der Waals surface area contributed by atoms with Gasteiger partial charge in [0.1, 0.15) is 16.4 Å². The monoisotopic (exact) mass is 470 g/mol. The van der Waals surface area contributed by atoms with Crippen molar-refractivity contribution in [3.05, 3.63) is 82.5 Å². The van der Waals surface area contributed by atoms with E-state index < -0.39 is 0 Å². The van der Waals surface area contributed by atoms with E-state index >= 15 is 0 Å². The first-order valence-electron chi connectivity index (χ1n) is 11.6. The fourth-order valence-corrected chi connectivity index (χ4v) is 6.05. The highest BCUT2D eigenvalue weighted by Gasteiger charge is 2.24. The SMILES string of the molecule is COc1ccc2[nH]cc(C3CCN(Cc4nc5sc(-c6ccccc6)cc5c(=O)[nH]4)CC3)c2c1. The standard InChI is InChI=1S/C27H26N4O2S/c1-33-19-7-8-23-20(13-19)22(15-28-23)17-9-11-31(12-10-17)16-25-29-26(32)21-14-24(34-27(21)30-25)18-5-3-2-4-6-18/h2-8,13-15,17,28H,9-12,16H2,1H3,(H,29,30,32). The number of fused-ring (bicyclic) bond motifs is 2. The predicted octanol–water partition coefficient (Wildman–Crippen LogP) is 5.52. The van der Waals surface area contributed by atoms with E-state index in [0.29, 0.717) is 17.8 Å². The van der Waals surface area contributed by atoms with E-state index in [1.54, 1.807) is 18.4 Å². The number of H-pyrrole nitrogens is 2. The second-order valence-electron chi connectivity index (χ2n) is 8.91. The van der Waals surface area contributed by atoms with Crippen molar-refractivity contribution in [2.45, 2.75) is 25.3 Å². The number of aromatic amines is 2. The van der Waals surface area contributed by atoms with Crippen LogP contribution in [-0.2, 0) is 6.54 Å². The Morgan fingerprint density at radius 2 is 1.91 bits per heavy atom. The molecule has 1 saturated heterocycles. The first-order chi connectivity index (χ1) is 16.7. The summed E-state index contributed by atoms with van der Waals surface area (Å²) in [5, 5.41) is 1.92. The number of thiophene rings is 1. The number of aromatic nitrogens is 3. The van der Waals surface area contributed by atoms with Gasteiger partial charge < -0.3 is 14.7 Å². The maximum absolute atomic E-state index is 12.7. The van der Waals surface area contributed by atoms with E-state index in [1.165, 1.54) is 10.9 Å². The number of hydrogen-bond acceptors (Lipinski definition) is 5. The Labute approximate surface area is 201 Å². The van der Waals surface area contributed by atoms with Gasteiger partial charge in [-0.25, -0.2) is 4.98 Å². The summed E-state index contributed by atoms with van der Waals surface area (Å²) in [5.41, 5.74) is 3.58. The zero-order chi connectivity index (χ0) is 23.1. The first kappa shape index (κ1) is 21.1. The summed E-state index contributed by atoms with van der Waals surface area (Å²) in [6.07, 6.45) is 4.31. The van der Waals surface area contributed by atoms with Crippen LogP contribution in [0.1, 0.15) is 30.1 Å². The zero-order valence-corrected chi connectivity index (χ0v) is 19.8. The minimum atomic E-state index is -0.0546. The second-order valence-corrected chi connectivity index (χ2v) is 9.94. The van der Waals surface area contributed by atoms with E-state index in [-0.39, 0.29) is 5.56 Å². The molecule has 0 atom stereocenters. The lowest BCUT2D eigenvalue weighted by molar-refractivity contribution is 0.200. The minimum Gasteiger partial charge on any atom is -0.497 e. The number of nitrogens with zero attached hydrogens (tertiary/aromatic N) is 2. The molecule has 2 aromatic carbocycles. The molecule has 1 fully saturated rings. The van der Waals surface area contributed by atoms with Gasteiger partial charge in [0.15, 0.2) is 0 Å². The third kappa shape index (κ3) is 3.91. The molecule has 6 rings (SSSR count). The lowest BCUT2D eigenvalue weighted by Crippen LogP contribution is -2.33. The third-order valence-electron chi connectivity index (χ3n) is 6.83. The van der Waals surface area contributed by atoms with Gasteiger partial charge in [-0.15, -0.1) is 11.3 Å². The molecule has 0 bridgehead atoms. The van der Waals surface area contributed by atoms with Crippen molar-refractivity contribution >= 4 is 32.5 Å². The van der Waals surface area contributed by atoms with Crippen LogP contribution in [0.5, 0.6) is 5.75 Å². The second kappa shape index (κ2) is 8.74. The van der Waals surface area contributed by atoms with Gasteiger partial charge in [-0.3, -0.25) is 9.69 Å². The molecule has 172 valence electrons. The van der Waals surface area contributed by atoms with E-state index in [9.17, 15) is 4.79 Å². The summed E-state index contributed by atoms with van der Waals surface area (Å²) in [6.45, 7) is 2.61. The number of benzene rings is 2. The summed E-state index contributed by atoms with van der Waals surface area (Å²) in [7, 11) is 1.71. The number of likely N-dealkylation sites (tertiary alicyclic amines) is 1. The first-order valence-corrected chi connectivity index (χ1v) is 12.4. The van der Waals surface area contributed by atoms with Crippen molar-refractivity contribution < 1.29 is 4.74 Å². The van der Waals surface area contributed by atoms with E-state index in [4.69, 9.17) is 9.72 Å². The van der Waals surface area contributed by atoms with Gasteiger partial charge >= 0.3 is 0 Å². The third-order valence-corrected chi connectivity index (χ3v) is 7.91. The Balaban J connectivity index is 1.17. The lowest BCUT2D eigenvalue weighted by Gasteiger charge is -2.31. The van der Waals surface area contributed by atoms with Gasteiger partial charge in [-0.1, -0.05) is 30.3 Å². The zero-order valence-electron chi connectivity index (χ0n) is 19.0. The van der Waals surface area contributed by atoms with Crippen LogP contribution in [0.4, 0.5) is 0 Å². The average Bonchev–Trinajstić information content (AvgIpc) is 3.49. The molecule has 0 aliphatic carbocycles. The smallest absolute Gasteiger partial charge is 0.259 e. The molecule has 5 aromatic rings. The Morgan fingerprint density at radius 1 is 1.09 bits per heavy atom. The largest absolute Gasteiger partial charge is 0.497 e. The number of hydrogen-bond donors (Lipinski definition) is 2. The van der Waals surface area contributed by atoms with Crippen molar-refractivity contribution in [2.75, 3.05) is 20.2 Å². The lowest BCUT2D eigenvalue weighted by atomic mass is 9.89. The van der Waals surface area contributed by atoms with Gasteiger partial charge in [0.05, 0.1) is 19.0 Å². The normalized spacial score (nSPS) is 15.3. The van der Waals surface area contributed by atoms with Crippen molar-refractivity contribution in [1.29, 1.82) is 0 Å². The molecule has 1 aliphatic rings. The van der Waals surface area contributed by atoms with Crippen LogP contribution in [0.2, 0.25) is 0 Å². The molecular weight excluding hydrogens is 444 g/mol. The van der Waals surface area contributed by atoms with Gasteiger partial charge in [-0.2, -0.15) is 0 Å². The van der Waals surface area contributed by atoms with Crippen LogP contribution in [-0.4, -0.2) is 40.1 Å². The van der Waals surface area contributed by atoms with Crippen molar-refractivity contribution in [2.24, 2.45) is 0 Å². The molecule has 1 aliphatic heterocycles. The summed E-state index contributed by atoms with van der Waals surface area (Å²) in [4.78, 5) is 28.2. The molecule has 34 heavy (non-hydrogen) atoms.